The van der Waals surface area contributed by atoms with E-state index < -0.39 is 20.7 Å². The van der Waals surface area contributed by atoms with Gasteiger partial charge in [-0.25, -0.2) is 17.9 Å². The average molecular weight is 257 g/mol. The highest BCUT2D eigenvalue weighted by Crippen LogP contribution is 2.27. The van der Waals surface area contributed by atoms with Crippen molar-refractivity contribution in [2.24, 2.45) is 5.14 Å². The van der Waals surface area contributed by atoms with Gasteiger partial charge in [0.25, 0.3) is 0 Å². The molecular weight excluding hydrogens is 249 g/mol. The summed E-state index contributed by atoms with van der Waals surface area (Å²) in [6, 6.07) is 7.56. The summed E-state index contributed by atoms with van der Waals surface area (Å²) >= 11 is 1.45. The Morgan fingerprint density at radius 3 is 2.50 bits per heavy atom. The van der Waals surface area contributed by atoms with Crippen LogP contribution in [0.25, 0.3) is 10.4 Å². The highest BCUT2D eigenvalue weighted by atomic mass is 32.2. The predicted molar refractivity (Wildman–Crippen MR) is 61.1 cm³/mol. The lowest BCUT2D eigenvalue weighted by Gasteiger charge is -2.02. The van der Waals surface area contributed by atoms with Crippen LogP contribution in [0.3, 0.4) is 0 Å². The Morgan fingerprint density at radius 2 is 2.00 bits per heavy atom. The van der Waals surface area contributed by atoms with E-state index >= 15 is 0 Å². The summed E-state index contributed by atoms with van der Waals surface area (Å²) in [5, 5.41) is 6.72. The summed E-state index contributed by atoms with van der Waals surface area (Å²) in [6.45, 7) is 0. The van der Waals surface area contributed by atoms with Crippen LogP contribution in [0, 0.1) is 5.82 Å². The molecule has 1 aromatic carbocycles. The molecule has 84 valence electrons. The molecule has 0 saturated carbocycles. The van der Waals surface area contributed by atoms with Crippen LogP contribution in [-0.2, 0) is 10.0 Å². The lowest BCUT2D eigenvalue weighted by Crippen LogP contribution is -2.13. The number of primary sulfonamides is 1. The smallest absolute Gasteiger partial charge is 0.225 e. The van der Waals surface area contributed by atoms with Gasteiger partial charge in [0.05, 0.1) is 0 Å². The van der Waals surface area contributed by atoms with Gasteiger partial charge < -0.3 is 0 Å². The summed E-state index contributed by atoms with van der Waals surface area (Å²) in [7, 11) is -3.99. The Bertz CT molecular complexity index is 606. The van der Waals surface area contributed by atoms with Gasteiger partial charge in [0.1, 0.15) is 10.7 Å². The molecule has 0 spiro atoms. The molecule has 0 saturated heterocycles. The largest absolute Gasteiger partial charge is 0.240 e. The second-order valence-electron chi connectivity index (χ2n) is 3.17. The zero-order chi connectivity index (χ0) is 11.8. The summed E-state index contributed by atoms with van der Waals surface area (Å²) in [5.41, 5.74) is 0.639. The van der Waals surface area contributed by atoms with Gasteiger partial charge in [-0.1, -0.05) is 12.1 Å². The molecule has 3 nitrogen and oxygen atoms in total. The van der Waals surface area contributed by atoms with Crippen molar-refractivity contribution >= 4 is 21.4 Å². The fraction of sp³-hybridized carbons (Fsp3) is 0. The molecule has 16 heavy (non-hydrogen) atoms. The van der Waals surface area contributed by atoms with E-state index in [0.717, 1.165) is 4.88 Å². The van der Waals surface area contributed by atoms with E-state index in [9.17, 15) is 12.8 Å². The van der Waals surface area contributed by atoms with Crippen LogP contribution < -0.4 is 5.14 Å². The molecule has 0 aliphatic carbocycles. The van der Waals surface area contributed by atoms with E-state index in [-0.39, 0.29) is 0 Å². The number of sulfonamides is 1. The predicted octanol–water partition coefficient (Wildman–Crippen LogP) is 2.20. The molecule has 6 heteroatoms. The number of halogens is 1. The van der Waals surface area contributed by atoms with Gasteiger partial charge in [0, 0.05) is 4.88 Å². The van der Waals surface area contributed by atoms with Crippen molar-refractivity contribution in [3.8, 4) is 10.4 Å². The average Bonchev–Trinajstić information content (AvgIpc) is 2.68. The molecular formula is C10H8FNO2S2. The lowest BCUT2D eigenvalue weighted by atomic mass is 10.2. The normalized spacial score (nSPS) is 11.6. The van der Waals surface area contributed by atoms with Gasteiger partial charge in [-0.05, 0) is 29.1 Å². The first-order chi connectivity index (χ1) is 7.48. The van der Waals surface area contributed by atoms with Crippen LogP contribution in [0.2, 0.25) is 0 Å². The maximum atomic E-state index is 13.5. The Hall–Kier alpha value is -1.24. The van der Waals surface area contributed by atoms with E-state index in [1.165, 1.54) is 29.5 Å². The maximum Gasteiger partial charge on any atom is 0.240 e. The van der Waals surface area contributed by atoms with E-state index in [1.807, 2.05) is 17.5 Å². The number of rotatable bonds is 2. The summed E-state index contributed by atoms with van der Waals surface area (Å²) in [6.07, 6.45) is 0. The van der Waals surface area contributed by atoms with Crippen molar-refractivity contribution in [1.82, 2.24) is 0 Å². The van der Waals surface area contributed by atoms with Crippen molar-refractivity contribution < 1.29 is 12.8 Å². The van der Waals surface area contributed by atoms with Gasteiger partial charge in [-0.2, -0.15) is 0 Å². The number of hydrogen-bond donors (Lipinski definition) is 1. The minimum Gasteiger partial charge on any atom is -0.225 e. The van der Waals surface area contributed by atoms with Crippen LogP contribution in [0.5, 0.6) is 0 Å². The monoisotopic (exact) mass is 257 g/mol. The zero-order valence-electron chi connectivity index (χ0n) is 8.05. The number of nitrogens with two attached hydrogens (primary N) is 1. The van der Waals surface area contributed by atoms with Gasteiger partial charge in [0.2, 0.25) is 10.0 Å². The van der Waals surface area contributed by atoms with Crippen molar-refractivity contribution in [2.75, 3.05) is 0 Å². The SMILES string of the molecule is NS(=O)(=O)c1ccc(-c2cccs2)cc1F. The van der Waals surface area contributed by atoms with Gasteiger partial charge in [0.15, 0.2) is 0 Å². The van der Waals surface area contributed by atoms with E-state index in [1.54, 1.807) is 0 Å². The van der Waals surface area contributed by atoms with Crippen LogP contribution in [0.1, 0.15) is 0 Å². The quantitative estimate of drug-likeness (QED) is 0.896. The standard InChI is InChI=1S/C10H8FNO2S2/c11-8-6-7(9-2-1-5-15-9)3-4-10(8)16(12,13)14/h1-6H,(H2,12,13,14). The minimum atomic E-state index is -3.99. The summed E-state index contributed by atoms with van der Waals surface area (Å²) in [5.74, 6) is -0.826. The number of benzene rings is 1. The maximum absolute atomic E-state index is 13.5. The third-order valence-electron chi connectivity index (χ3n) is 2.04. The molecule has 0 amide bonds. The first kappa shape index (κ1) is 11.3. The zero-order valence-corrected chi connectivity index (χ0v) is 9.69. The van der Waals surface area contributed by atoms with E-state index in [0.29, 0.717) is 5.56 Å². The van der Waals surface area contributed by atoms with Crippen LogP contribution in [0.4, 0.5) is 4.39 Å². The van der Waals surface area contributed by atoms with Crippen LogP contribution in [-0.4, -0.2) is 8.42 Å². The fourth-order valence-electron chi connectivity index (χ4n) is 1.33. The molecule has 0 unspecified atom stereocenters. The molecule has 0 aliphatic heterocycles. The fourth-order valence-corrected chi connectivity index (χ4v) is 2.64. The van der Waals surface area contributed by atoms with Crippen molar-refractivity contribution in [3.05, 3.63) is 41.5 Å². The molecule has 2 aromatic rings. The molecule has 1 heterocycles. The van der Waals surface area contributed by atoms with E-state index in [2.05, 4.69) is 0 Å². The number of hydrogen-bond acceptors (Lipinski definition) is 3. The molecule has 2 rings (SSSR count). The Balaban J connectivity index is 2.53. The van der Waals surface area contributed by atoms with Crippen LogP contribution >= 0.6 is 11.3 Å². The van der Waals surface area contributed by atoms with Crippen molar-refractivity contribution in [2.45, 2.75) is 4.90 Å². The van der Waals surface area contributed by atoms with E-state index in [4.69, 9.17) is 5.14 Å². The van der Waals surface area contributed by atoms with Crippen molar-refractivity contribution in [1.29, 1.82) is 0 Å². The van der Waals surface area contributed by atoms with Crippen molar-refractivity contribution in [3.63, 3.8) is 0 Å². The summed E-state index contributed by atoms with van der Waals surface area (Å²) in [4.78, 5) is 0.396. The molecule has 0 fully saturated rings. The topological polar surface area (TPSA) is 60.2 Å². The highest BCUT2D eigenvalue weighted by molar-refractivity contribution is 7.89. The van der Waals surface area contributed by atoms with Gasteiger partial charge >= 0.3 is 0 Å². The molecule has 0 aliphatic rings. The Labute approximate surface area is 96.4 Å². The molecule has 2 N–H and O–H groups in total. The van der Waals surface area contributed by atoms with Crippen LogP contribution in [0.15, 0.2) is 40.6 Å². The van der Waals surface area contributed by atoms with Gasteiger partial charge in [-0.15, -0.1) is 11.3 Å². The second-order valence-corrected chi connectivity index (χ2v) is 5.65. The summed E-state index contributed by atoms with van der Waals surface area (Å²) < 4.78 is 35.5. The number of thiophene rings is 1. The molecule has 0 atom stereocenters. The first-order valence-electron chi connectivity index (χ1n) is 4.35. The Morgan fingerprint density at radius 1 is 1.25 bits per heavy atom. The molecule has 1 aromatic heterocycles. The third-order valence-corrected chi connectivity index (χ3v) is 3.91. The minimum absolute atomic E-state index is 0.479. The third kappa shape index (κ3) is 2.13. The second kappa shape index (κ2) is 3.97. The first-order valence-corrected chi connectivity index (χ1v) is 6.77. The lowest BCUT2D eigenvalue weighted by molar-refractivity contribution is 0.568. The highest BCUT2D eigenvalue weighted by Gasteiger charge is 2.14. The molecule has 0 bridgehead atoms. The van der Waals surface area contributed by atoms with Gasteiger partial charge in [-0.3, -0.25) is 0 Å². The molecule has 0 radical (unpaired) electrons. The Kier molecular flexibility index (Phi) is 2.79.